The van der Waals surface area contributed by atoms with Crippen LogP contribution in [0.3, 0.4) is 0 Å². The fraction of sp³-hybridized carbons (Fsp3) is 0.368. The number of imidazole rings is 1. The van der Waals surface area contributed by atoms with Gasteiger partial charge in [-0.3, -0.25) is 9.69 Å². The molecule has 3 heterocycles. The second-order valence-electron chi connectivity index (χ2n) is 6.74. The van der Waals surface area contributed by atoms with Crippen molar-refractivity contribution in [1.29, 1.82) is 0 Å². The first-order valence-corrected chi connectivity index (χ1v) is 8.53. The molecule has 0 radical (unpaired) electrons. The lowest BCUT2D eigenvalue weighted by Gasteiger charge is -2.31. The van der Waals surface area contributed by atoms with Crippen LogP contribution in [0, 0.1) is 6.92 Å². The van der Waals surface area contributed by atoms with E-state index in [1.165, 1.54) is 5.56 Å². The quantitative estimate of drug-likeness (QED) is 0.779. The number of hydrogen-bond acceptors (Lipinski definition) is 3. The van der Waals surface area contributed by atoms with Crippen LogP contribution in [0.1, 0.15) is 35.7 Å². The van der Waals surface area contributed by atoms with Crippen molar-refractivity contribution in [1.82, 2.24) is 19.9 Å². The Labute approximate surface area is 140 Å². The fourth-order valence-corrected chi connectivity index (χ4v) is 3.60. The number of benzene rings is 1. The molecule has 124 valence electrons. The molecule has 0 aliphatic carbocycles. The van der Waals surface area contributed by atoms with Crippen molar-refractivity contribution in [2.75, 3.05) is 13.1 Å². The molecule has 2 aromatic heterocycles. The van der Waals surface area contributed by atoms with Gasteiger partial charge < -0.3 is 9.97 Å². The van der Waals surface area contributed by atoms with Gasteiger partial charge in [0.05, 0.1) is 17.6 Å². The van der Waals surface area contributed by atoms with Crippen LogP contribution < -0.4 is 5.56 Å². The Morgan fingerprint density at radius 1 is 1.21 bits per heavy atom. The van der Waals surface area contributed by atoms with E-state index in [-0.39, 0.29) is 5.56 Å². The van der Waals surface area contributed by atoms with Gasteiger partial charge in [-0.2, -0.15) is 0 Å². The Balaban J connectivity index is 1.41. The number of pyridine rings is 1. The zero-order valence-electron chi connectivity index (χ0n) is 13.9. The summed E-state index contributed by atoms with van der Waals surface area (Å²) in [5.74, 6) is 1.52. The number of nitrogens with zero attached hydrogens (tertiary/aromatic N) is 2. The highest BCUT2D eigenvalue weighted by Gasteiger charge is 2.21. The van der Waals surface area contributed by atoms with Gasteiger partial charge in [0.2, 0.25) is 5.56 Å². The lowest BCUT2D eigenvalue weighted by molar-refractivity contribution is 0.201. The van der Waals surface area contributed by atoms with E-state index in [2.05, 4.69) is 40.0 Å². The van der Waals surface area contributed by atoms with Crippen LogP contribution in [0.2, 0.25) is 0 Å². The molecule has 24 heavy (non-hydrogen) atoms. The van der Waals surface area contributed by atoms with E-state index in [1.54, 1.807) is 12.3 Å². The second kappa shape index (κ2) is 6.24. The maximum atomic E-state index is 11.5. The minimum absolute atomic E-state index is 0.00695. The maximum Gasteiger partial charge on any atom is 0.248 e. The molecule has 3 aromatic rings. The highest BCUT2D eigenvalue weighted by Crippen LogP contribution is 2.27. The van der Waals surface area contributed by atoms with E-state index in [0.29, 0.717) is 5.92 Å². The molecule has 0 amide bonds. The van der Waals surface area contributed by atoms with Crippen LogP contribution >= 0.6 is 0 Å². The number of fused-ring (bicyclic) bond motifs is 1. The monoisotopic (exact) mass is 322 g/mol. The van der Waals surface area contributed by atoms with E-state index in [1.807, 2.05) is 6.07 Å². The Hall–Kier alpha value is -2.40. The summed E-state index contributed by atoms with van der Waals surface area (Å²) in [6, 6.07) is 10.1. The summed E-state index contributed by atoms with van der Waals surface area (Å²) in [5, 5.41) is 0. The molecule has 1 fully saturated rings. The zero-order chi connectivity index (χ0) is 16.5. The number of H-pyrrole nitrogens is 2. The average molecular weight is 322 g/mol. The van der Waals surface area contributed by atoms with Gasteiger partial charge in [0.15, 0.2) is 0 Å². The lowest BCUT2D eigenvalue weighted by Crippen LogP contribution is -2.33. The molecule has 2 N–H and O–H groups in total. The predicted molar refractivity (Wildman–Crippen MR) is 95.1 cm³/mol. The van der Waals surface area contributed by atoms with Gasteiger partial charge in [-0.1, -0.05) is 6.07 Å². The highest BCUT2D eigenvalue weighted by molar-refractivity contribution is 5.75. The van der Waals surface area contributed by atoms with Crippen molar-refractivity contribution in [2.24, 2.45) is 0 Å². The molecule has 1 aliphatic heterocycles. The third kappa shape index (κ3) is 3.12. The van der Waals surface area contributed by atoms with Crippen molar-refractivity contribution in [3.63, 3.8) is 0 Å². The highest BCUT2D eigenvalue weighted by atomic mass is 16.1. The van der Waals surface area contributed by atoms with Crippen LogP contribution in [-0.2, 0) is 6.54 Å². The van der Waals surface area contributed by atoms with Crippen LogP contribution in [0.15, 0.2) is 41.3 Å². The van der Waals surface area contributed by atoms with Gasteiger partial charge >= 0.3 is 0 Å². The molecule has 1 saturated heterocycles. The number of aromatic amines is 2. The molecule has 5 heteroatoms. The molecule has 0 atom stereocenters. The van der Waals surface area contributed by atoms with E-state index < -0.39 is 0 Å². The largest absolute Gasteiger partial charge is 0.341 e. The summed E-state index contributed by atoms with van der Waals surface area (Å²) in [7, 11) is 0. The van der Waals surface area contributed by atoms with Gasteiger partial charge in [-0.25, -0.2) is 4.98 Å². The topological polar surface area (TPSA) is 64.8 Å². The van der Waals surface area contributed by atoms with E-state index in [9.17, 15) is 4.79 Å². The minimum atomic E-state index is -0.00695. The van der Waals surface area contributed by atoms with Crippen LogP contribution in [0.25, 0.3) is 11.0 Å². The number of aryl methyl sites for hydroxylation is 1. The molecule has 5 nitrogen and oxygen atoms in total. The molecular formula is C19H22N4O. The molecule has 0 bridgehead atoms. The van der Waals surface area contributed by atoms with E-state index in [4.69, 9.17) is 4.98 Å². The van der Waals surface area contributed by atoms with Crippen molar-refractivity contribution in [3.05, 3.63) is 63.8 Å². The first-order chi connectivity index (χ1) is 11.7. The summed E-state index contributed by atoms with van der Waals surface area (Å²) < 4.78 is 0. The molecule has 0 unspecified atom stereocenters. The number of aromatic nitrogens is 3. The molecule has 1 aromatic carbocycles. The van der Waals surface area contributed by atoms with E-state index >= 15 is 0 Å². The molecule has 1 aliphatic rings. The van der Waals surface area contributed by atoms with Gasteiger partial charge in [0.1, 0.15) is 5.82 Å². The number of rotatable bonds is 3. The first kappa shape index (κ1) is 15.1. The van der Waals surface area contributed by atoms with Crippen molar-refractivity contribution in [2.45, 2.75) is 32.2 Å². The third-order valence-electron chi connectivity index (χ3n) is 4.92. The minimum Gasteiger partial charge on any atom is -0.341 e. The predicted octanol–water partition coefficient (Wildman–Crippen LogP) is 2.94. The van der Waals surface area contributed by atoms with Gasteiger partial charge in [-0.15, -0.1) is 0 Å². The van der Waals surface area contributed by atoms with Crippen molar-refractivity contribution in [3.8, 4) is 0 Å². The fourth-order valence-electron chi connectivity index (χ4n) is 3.60. The summed E-state index contributed by atoms with van der Waals surface area (Å²) in [5.41, 5.74) is 4.55. The first-order valence-electron chi connectivity index (χ1n) is 8.53. The van der Waals surface area contributed by atoms with Gasteiger partial charge in [0.25, 0.3) is 0 Å². The molecule has 0 saturated carbocycles. The summed E-state index contributed by atoms with van der Waals surface area (Å²) in [6.07, 6.45) is 3.92. The molecule has 0 spiro atoms. The van der Waals surface area contributed by atoms with Crippen LogP contribution in [0.4, 0.5) is 0 Å². The number of likely N-dealkylation sites (tertiary alicyclic amines) is 1. The third-order valence-corrected chi connectivity index (χ3v) is 4.92. The van der Waals surface area contributed by atoms with Crippen molar-refractivity contribution < 1.29 is 0 Å². The summed E-state index contributed by atoms with van der Waals surface area (Å²) >= 11 is 0. The standard InChI is InChI=1S/C19H22N4O/c1-13-2-3-16-17(10-13)22-18(21-16)12-23-8-5-14(6-9-23)15-4-7-20-19(24)11-15/h2-4,7,10-11,14H,5-6,8-9,12H2,1H3,(H,20,24)(H,21,22). The lowest BCUT2D eigenvalue weighted by atomic mass is 9.90. The second-order valence-corrected chi connectivity index (χ2v) is 6.74. The smallest absolute Gasteiger partial charge is 0.248 e. The Kier molecular flexibility index (Phi) is 3.94. The number of piperidine rings is 1. The Morgan fingerprint density at radius 3 is 2.83 bits per heavy atom. The SMILES string of the molecule is Cc1ccc2nc(CN3CCC(c4cc[nH]c(=O)c4)CC3)[nH]c2c1. The normalized spacial score (nSPS) is 16.7. The number of hydrogen-bond donors (Lipinski definition) is 2. The van der Waals surface area contributed by atoms with Gasteiger partial charge in [0, 0.05) is 12.3 Å². The van der Waals surface area contributed by atoms with Crippen molar-refractivity contribution >= 4 is 11.0 Å². The summed E-state index contributed by atoms with van der Waals surface area (Å²) in [4.78, 5) is 24.7. The number of nitrogens with one attached hydrogen (secondary N) is 2. The zero-order valence-corrected chi connectivity index (χ0v) is 13.9. The van der Waals surface area contributed by atoms with Crippen LogP contribution in [-0.4, -0.2) is 32.9 Å². The maximum absolute atomic E-state index is 11.5. The molecule has 4 rings (SSSR count). The van der Waals surface area contributed by atoms with E-state index in [0.717, 1.165) is 54.9 Å². The van der Waals surface area contributed by atoms with Gasteiger partial charge in [-0.05, 0) is 68.1 Å². The van der Waals surface area contributed by atoms with Crippen LogP contribution in [0.5, 0.6) is 0 Å². The molecular weight excluding hydrogens is 300 g/mol. The Morgan fingerprint density at radius 2 is 2.04 bits per heavy atom. The Bertz CT molecular complexity index is 903. The average Bonchev–Trinajstić information content (AvgIpc) is 2.97. The summed E-state index contributed by atoms with van der Waals surface area (Å²) in [6.45, 7) is 5.02.